The van der Waals surface area contributed by atoms with Crippen molar-refractivity contribution in [1.29, 1.82) is 0 Å². The summed E-state index contributed by atoms with van der Waals surface area (Å²) in [5.74, 6) is -0.666. The number of nitrogens with zero attached hydrogens (tertiary/aromatic N) is 2. The van der Waals surface area contributed by atoms with Crippen LogP contribution in [0.25, 0.3) is 0 Å². The number of benzene rings is 1. The van der Waals surface area contributed by atoms with E-state index in [2.05, 4.69) is 17.2 Å². The van der Waals surface area contributed by atoms with Crippen LogP contribution in [0.4, 0.5) is 5.69 Å². The highest BCUT2D eigenvalue weighted by molar-refractivity contribution is 6.41. The molecule has 8 heteroatoms. The summed E-state index contributed by atoms with van der Waals surface area (Å²) in [6.07, 6.45) is 4.00. The molecule has 0 saturated carbocycles. The molecule has 0 aliphatic heterocycles. The van der Waals surface area contributed by atoms with Gasteiger partial charge in [0.1, 0.15) is 5.69 Å². The van der Waals surface area contributed by atoms with Crippen molar-refractivity contribution in [3.05, 3.63) is 27.2 Å². The van der Waals surface area contributed by atoms with Crippen LogP contribution in [0, 0.1) is 0 Å². The molecule has 1 rings (SSSR count). The third-order valence-corrected chi connectivity index (χ3v) is 3.95. The quantitative estimate of drug-likeness (QED) is 0.158. The summed E-state index contributed by atoms with van der Waals surface area (Å²) < 4.78 is 5.11. The third kappa shape index (κ3) is 6.84. The molecule has 128 valence electrons. The summed E-state index contributed by atoms with van der Waals surface area (Å²) in [6.45, 7) is 3.80. The first kappa shape index (κ1) is 20.5. The molecule has 0 aliphatic carbocycles. The summed E-state index contributed by atoms with van der Waals surface area (Å²) in [5, 5.41) is 8.47. The van der Waals surface area contributed by atoms with Gasteiger partial charge in [-0.15, -0.1) is 0 Å². The molecule has 0 aromatic heterocycles. The summed E-state index contributed by atoms with van der Waals surface area (Å²) in [4.78, 5) is 10.3. The van der Waals surface area contributed by atoms with Crippen LogP contribution < -0.4 is 0 Å². The van der Waals surface area contributed by atoms with E-state index in [9.17, 15) is 4.79 Å². The predicted molar refractivity (Wildman–Crippen MR) is 95.3 cm³/mol. The Morgan fingerprint density at radius 1 is 1.17 bits per heavy atom. The predicted octanol–water partition coefficient (Wildman–Crippen LogP) is 6.81. The molecule has 0 radical (unpaired) electrons. The minimum atomic E-state index is -1.64. The average molecular weight is 400 g/mol. The molecule has 0 aliphatic rings. The molecule has 0 fully saturated rings. The molecule has 0 heterocycles. The number of rotatable bonds is 8. The number of hydrogen-bond acceptors (Lipinski definition) is 4. The molecule has 1 unspecified atom stereocenters. The first-order chi connectivity index (χ1) is 10.8. The van der Waals surface area contributed by atoms with Gasteiger partial charge in [-0.25, -0.2) is 4.79 Å². The maximum Gasteiger partial charge on any atom is 0.351 e. The van der Waals surface area contributed by atoms with Gasteiger partial charge in [0.2, 0.25) is 5.00 Å². The minimum Gasteiger partial charge on any atom is -0.463 e. The number of esters is 1. The Balaban J connectivity index is 2.68. The summed E-state index contributed by atoms with van der Waals surface area (Å²) >= 11 is 23.9. The van der Waals surface area contributed by atoms with Crippen LogP contribution in [0.5, 0.6) is 0 Å². The van der Waals surface area contributed by atoms with Gasteiger partial charge in [0.15, 0.2) is 0 Å². The maximum atomic E-state index is 11.9. The zero-order chi connectivity index (χ0) is 17.5. The van der Waals surface area contributed by atoms with E-state index in [1.54, 1.807) is 0 Å². The van der Waals surface area contributed by atoms with Gasteiger partial charge in [0.05, 0.1) is 16.7 Å². The van der Waals surface area contributed by atoms with Crippen LogP contribution in [-0.4, -0.2) is 17.6 Å². The highest BCUT2D eigenvalue weighted by atomic mass is 35.5. The van der Waals surface area contributed by atoms with E-state index in [-0.39, 0.29) is 15.7 Å². The molecule has 1 aromatic rings. The second-order valence-corrected chi connectivity index (χ2v) is 7.05. The van der Waals surface area contributed by atoms with E-state index in [4.69, 9.17) is 51.1 Å². The van der Waals surface area contributed by atoms with Gasteiger partial charge in [-0.05, 0) is 25.5 Å². The number of hydrogen-bond donors (Lipinski definition) is 0. The average Bonchev–Trinajstić information content (AvgIpc) is 2.45. The zero-order valence-corrected chi connectivity index (χ0v) is 15.9. The lowest BCUT2D eigenvalue weighted by molar-refractivity contribution is -0.146. The van der Waals surface area contributed by atoms with Gasteiger partial charge < -0.3 is 4.74 Å². The Kier molecular flexibility index (Phi) is 8.62. The SMILES string of the molecule is CCCCCCOC(=O)C(C)(Cl)/N=N/c1c(Cl)cc(Cl)cc1Cl. The Morgan fingerprint density at radius 3 is 2.35 bits per heavy atom. The highest BCUT2D eigenvalue weighted by Gasteiger charge is 2.32. The van der Waals surface area contributed by atoms with Crippen LogP contribution in [0.3, 0.4) is 0 Å². The van der Waals surface area contributed by atoms with Crippen molar-refractivity contribution in [2.75, 3.05) is 6.61 Å². The van der Waals surface area contributed by atoms with E-state index in [0.29, 0.717) is 11.6 Å². The van der Waals surface area contributed by atoms with Gasteiger partial charge in [-0.1, -0.05) is 72.6 Å². The number of azo groups is 1. The molecular weight excluding hydrogens is 382 g/mol. The van der Waals surface area contributed by atoms with Crippen molar-refractivity contribution >= 4 is 58.1 Å². The third-order valence-electron chi connectivity index (χ3n) is 2.92. The van der Waals surface area contributed by atoms with Gasteiger partial charge >= 0.3 is 5.97 Å². The van der Waals surface area contributed by atoms with Crippen LogP contribution >= 0.6 is 46.4 Å². The van der Waals surface area contributed by atoms with Gasteiger partial charge in [0.25, 0.3) is 0 Å². The summed E-state index contributed by atoms with van der Waals surface area (Å²) in [5.41, 5.74) is 0.195. The molecule has 1 atom stereocenters. The number of unbranched alkanes of at least 4 members (excludes halogenated alkanes) is 3. The van der Waals surface area contributed by atoms with Crippen molar-refractivity contribution < 1.29 is 9.53 Å². The topological polar surface area (TPSA) is 51.0 Å². The van der Waals surface area contributed by atoms with Gasteiger partial charge in [0, 0.05) is 5.02 Å². The standard InChI is InChI=1S/C15H18Cl4N2O2/c1-3-4-5-6-7-23-14(22)15(2,19)21-20-13-11(17)8-10(16)9-12(13)18/h8-9H,3-7H2,1-2H3/b21-20+. The van der Waals surface area contributed by atoms with Crippen LogP contribution in [0.15, 0.2) is 22.4 Å². The first-order valence-corrected chi connectivity index (χ1v) is 8.72. The monoisotopic (exact) mass is 398 g/mol. The van der Waals surface area contributed by atoms with Crippen LogP contribution in [0.2, 0.25) is 15.1 Å². The molecule has 0 bridgehead atoms. The second kappa shape index (κ2) is 9.67. The van der Waals surface area contributed by atoms with Crippen molar-refractivity contribution in [2.45, 2.75) is 44.5 Å². The normalized spacial score (nSPS) is 14.0. The Hall–Kier alpha value is -0.550. The lowest BCUT2D eigenvalue weighted by atomic mass is 10.2. The van der Waals surface area contributed by atoms with E-state index in [0.717, 1.165) is 25.7 Å². The van der Waals surface area contributed by atoms with E-state index in [1.807, 2.05) is 0 Å². The summed E-state index contributed by atoms with van der Waals surface area (Å²) in [6, 6.07) is 2.95. The number of ether oxygens (including phenoxy) is 1. The Bertz CT molecular complexity index is 554. The van der Waals surface area contributed by atoms with E-state index >= 15 is 0 Å². The summed E-state index contributed by atoms with van der Waals surface area (Å²) in [7, 11) is 0. The number of alkyl halides is 1. The van der Waals surface area contributed by atoms with Gasteiger partial charge in [-0.3, -0.25) is 0 Å². The Labute approximate surface area is 156 Å². The molecule has 1 aromatic carbocycles. The van der Waals surface area contributed by atoms with E-state index < -0.39 is 11.0 Å². The molecule has 4 nitrogen and oxygen atoms in total. The van der Waals surface area contributed by atoms with E-state index in [1.165, 1.54) is 19.1 Å². The van der Waals surface area contributed by atoms with Crippen molar-refractivity contribution in [3.63, 3.8) is 0 Å². The number of carbonyl (C=O) groups excluding carboxylic acids is 1. The fourth-order valence-corrected chi connectivity index (χ4v) is 2.63. The second-order valence-electron chi connectivity index (χ2n) is 5.07. The highest BCUT2D eigenvalue weighted by Crippen LogP contribution is 2.37. The fourth-order valence-electron chi connectivity index (χ4n) is 1.64. The lowest BCUT2D eigenvalue weighted by Gasteiger charge is -2.14. The van der Waals surface area contributed by atoms with Crippen LogP contribution in [0.1, 0.15) is 39.5 Å². The molecule has 0 saturated heterocycles. The van der Waals surface area contributed by atoms with Gasteiger partial charge in [-0.2, -0.15) is 10.2 Å². The molecule has 0 amide bonds. The van der Waals surface area contributed by atoms with Crippen LogP contribution in [-0.2, 0) is 9.53 Å². The fraction of sp³-hybridized carbons (Fsp3) is 0.533. The van der Waals surface area contributed by atoms with Crippen molar-refractivity contribution in [3.8, 4) is 0 Å². The smallest absolute Gasteiger partial charge is 0.351 e. The number of carbonyl (C=O) groups is 1. The Morgan fingerprint density at radius 2 is 1.78 bits per heavy atom. The zero-order valence-electron chi connectivity index (χ0n) is 12.9. The first-order valence-electron chi connectivity index (χ1n) is 7.21. The van der Waals surface area contributed by atoms with Crippen molar-refractivity contribution in [2.24, 2.45) is 10.2 Å². The largest absolute Gasteiger partial charge is 0.463 e. The van der Waals surface area contributed by atoms with Crippen molar-refractivity contribution in [1.82, 2.24) is 0 Å². The lowest BCUT2D eigenvalue weighted by Crippen LogP contribution is -2.28. The molecule has 23 heavy (non-hydrogen) atoms. The number of halogens is 4. The maximum absolute atomic E-state index is 11.9. The molecular formula is C15H18Cl4N2O2. The molecule has 0 spiro atoms. The minimum absolute atomic E-state index is 0.195. The molecule has 0 N–H and O–H groups in total.